The van der Waals surface area contributed by atoms with Gasteiger partial charge in [-0.3, -0.25) is 14.2 Å². The molecular weight excluding hydrogens is 330 g/mol. The Bertz CT molecular complexity index is 1040. The summed E-state index contributed by atoms with van der Waals surface area (Å²) in [6.45, 7) is 5.70. The van der Waals surface area contributed by atoms with Gasteiger partial charge in [-0.1, -0.05) is 19.9 Å². The number of benzene rings is 1. The fourth-order valence-corrected chi connectivity index (χ4v) is 2.30. The molecule has 0 saturated carbocycles. The maximum absolute atomic E-state index is 14.4. The van der Waals surface area contributed by atoms with E-state index in [1.54, 1.807) is 13.0 Å². The molecule has 0 atom stereocenters. The van der Waals surface area contributed by atoms with Crippen molar-refractivity contribution in [3.63, 3.8) is 0 Å². The third-order valence-electron chi connectivity index (χ3n) is 3.50. The van der Waals surface area contributed by atoms with Crippen molar-refractivity contribution in [2.24, 2.45) is 7.05 Å². The van der Waals surface area contributed by atoms with Crippen molar-refractivity contribution in [2.45, 2.75) is 20.8 Å². The Balaban J connectivity index is 0.00000109. The summed E-state index contributed by atoms with van der Waals surface area (Å²) in [4.78, 5) is 30.2. The van der Waals surface area contributed by atoms with Gasteiger partial charge in [0.1, 0.15) is 11.2 Å². The lowest BCUT2D eigenvalue weighted by Gasteiger charge is -2.12. The van der Waals surface area contributed by atoms with Gasteiger partial charge in [0.2, 0.25) is 5.82 Å². The zero-order valence-corrected chi connectivity index (χ0v) is 14.3. The topological polar surface area (TPSA) is 79.8 Å². The smallest absolute Gasteiger partial charge is 0.290 e. The van der Waals surface area contributed by atoms with Crippen molar-refractivity contribution in [1.29, 1.82) is 0 Å². The number of rotatable bonds is 2. The Hall–Kier alpha value is -3.03. The number of nitrogens with zero attached hydrogens (tertiary/aromatic N) is 2. The summed E-state index contributed by atoms with van der Waals surface area (Å²) in [5.74, 6) is -1.81. The number of aryl methyl sites for hydroxylation is 2. The van der Waals surface area contributed by atoms with Crippen LogP contribution in [0.5, 0.6) is 0 Å². The molecule has 6 nitrogen and oxygen atoms in total. The van der Waals surface area contributed by atoms with Gasteiger partial charge in [-0.2, -0.15) is 4.39 Å². The number of hydrogen-bond acceptors (Lipinski definition) is 4. The van der Waals surface area contributed by atoms with Crippen LogP contribution in [0.25, 0.3) is 11.0 Å². The SMILES string of the molecule is CC.Cc1ccc(Nc2c(F)c(=O)n(C)c3nc[nH]c(=O)c23)c(F)c1. The highest BCUT2D eigenvalue weighted by molar-refractivity contribution is 5.90. The molecule has 0 radical (unpaired) electrons. The summed E-state index contributed by atoms with van der Waals surface area (Å²) < 4.78 is 29.3. The number of aromatic amines is 1. The van der Waals surface area contributed by atoms with E-state index >= 15 is 0 Å². The fourth-order valence-electron chi connectivity index (χ4n) is 2.30. The average Bonchev–Trinajstić information content (AvgIpc) is 2.60. The molecule has 0 saturated heterocycles. The molecular formula is C17H18F2N4O2. The highest BCUT2D eigenvalue weighted by Crippen LogP contribution is 2.25. The molecule has 0 aliphatic rings. The second-order valence-corrected chi connectivity index (χ2v) is 5.09. The van der Waals surface area contributed by atoms with E-state index in [0.717, 1.165) is 10.9 Å². The molecule has 8 heteroatoms. The average molecular weight is 348 g/mol. The standard InChI is InChI=1S/C15H12F2N4O2.C2H6/c1-7-3-4-9(8(16)5-7)20-12-10-13(18-6-19-14(10)22)21(2)15(23)11(12)17;1-2/h3-6,20H,1-2H3,(H,18,19,22);1-2H3. The monoisotopic (exact) mass is 348 g/mol. The third-order valence-corrected chi connectivity index (χ3v) is 3.50. The molecule has 2 N–H and O–H groups in total. The van der Waals surface area contributed by atoms with E-state index in [9.17, 15) is 18.4 Å². The van der Waals surface area contributed by atoms with Crippen molar-refractivity contribution < 1.29 is 8.78 Å². The van der Waals surface area contributed by atoms with E-state index in [0.29, 0.717) is 5.56 Å². The highest BCUT2D eigenvalue weighted by Gasteiger charge is 2.19. The molecule has 0 fully saturated rings. The lowest BCUT2D eigenvalue weighted by Crippen LogP contribution is -2.26. The highest BCUT2D eigenvalue weighted by atomic mass is 19.1. The number of anilines is 2. The first kappa shape index (κ1) is 18.3. The van der Waals surface area contributed by atoms with E-state index < -0.39 is 28.4 Å². The van der Waals surface area contributed by atoms with Gasteiger partial charge < -0.3 is 10.3 Å². The van der Waals surface area contributed by atoms with Crippen LogP contribution in [0.2, 0.25) is 0 Å². The van der Waals surface area contributed by atoms with Crippen LogP contribution in [0.4, 0.5) is 20.2 Å². The summed E-state index contributed by atoms with van der Waals surface area (Å²) >= 11 is 0. The fraction of sp³-hybridized carbons (Fsp3) is 0.235. The van der Waals surface area contributed by atoms with Gasteiger partial charge in [-0.25, -0.2) is 9.37 Å². The molecule has 2 heterocycles. The Morgan fingerprint density at radius 2 is 1.88 bits per heavy atom. The second kappa shape index (κ2) is 7.25. The number of hydrogen-bond donors (Lipinski definition) is 2. The van der Waals surface area contributed by atoms with E-state index in [4.69, 9.17) is 0 Å². The first-order valence-electron chi connectivity index (χ1n) is 7.69. The van der Waals surface area contributed by atoms with Gasteiger partial charge in [0.25, 0.3) is 11.1 Å². The predicted molar refractivity (Wildman–Crippen MR) is 93.3 cm³/mol. The van der Waals surface area contributed by atoms with E-state index in [1.807, 2.05) is 13.8 Å². The van der Waals surface area contributed by atoms with Crippen LogP contribution in [-0.2, 0) is 7.05 Å². The minimum absolute atomic E-state index is 0.00447. The van der Waals surface area contributed by atoms with Crippen molar-refractivity contribution in [3.8, 4) is 0 Å². The molecule has 0 aliphatic heterocycles. The van der Waals surface area contributed by atoms with Gasteiger partial charge in [-0.05, 0) is 24.6 Å². The molecule has 132 valence electrons. The van der Waals surface area contributed by atoms with Crippen molar-refractivity contribution in [3.05, 3.63) is 62.4 Å². The number of halogens is 2. The van der Waals surface area contributed by atoms with Crippen LogP contribution >= 0.6 is 0 Å². The first-order valence-corrected chi connectivity index (χ1v) is 7.69. The Morgan fingerprint density at radius 3 is 2.52 bits per heavy atom. The molecule has 1 aromatic carbocycles. The zero-order valence-electron chi connectivity index (χ0n) is 14.3. The number of nitrogens with one attached hydrogen (secondary N) is 2. The van der Waals surface area contributed by atoms with Gasteiger partial charge in [0.15, 0.2) is 5.65 Å². The number of fused-ring (bicyclic) bond motifs is 1. The minimum atomic E-state index is -1.18. The van der Waals surface area contributed by atoms with E-state index in [2.05, 4.69) is 15.3 Å². The summed E-state index contributed by atoms with van der Waals surface area (Å²) in [6.07, 6.45) is 1.11. The molecule has 25 heavy (non-hydrogen) atoms. The molecule has 0 bridgehead atoms. The van der Waals surface area contributed by atoms with E-state index in [-0.39, 0.29) is 16.7 Å². The van der Waals surface area contributed by atoms with Crippen molar-refractivity contribution >= 4 is 22.4 Å². The second-order valence-electron chi connectivity index (χ2n) is 5.09. The molecule has 0 spiro atoms. The van der Waals surface area contributed by atoms with Gasteiger partial charge in [0.05, 0.1) is 17.7 Å². The van der Waals surface area contributed by atoms with Gasteiger partial charge in [0, 0.05) is 7.05 Å². The number of pyridine rings is 1. The largest absolute Gasteiger partial charge is 0.350 e. The van der Waals surface area contributed by atoms with Crippen LogP contribution in [-0.4, -0.2) is 14.5 Å². The van der Waals surface area contributed by atoms with Crippen LogP contribution in [0, 0.1) is 18.6 Å². The summed E-state index contributed by atoms with van der Waals surface area (Å²) in [6, 6.07) is 4.28. The lowest BCUT2D eigenvalue weighted by atomic mass is 10.2. The van der Waals surface area contributed by atoms with Crippen LogP contribution in [0.1, 0.15) is 19.4 Å². The van der Waals surface area contributed by atoms with Crippen molar-refractivity contribution in [2.75, 3.05) is 5.32 Å². The van der Waals surface area contributed by atoms with Gasteiger partial charge >= 0.3 is 0 Å². The van der Waals surface area contributed by atoms with Crippen molar-refractivity contribution in [1.82, 2.24) is 14.5 Å². The Labute approximate surface area is 142 Å². The van der Waals surface area contributed by atoms with Crippen LogP contribution < -0.4 is 16.4 Å². The molecule has 0 aliphatic carbocycles. The molecule has 0 amide bonds. The molecule has 0 unspecified atom stereocenters. The summed E-state index contributed by atoms with van der Waals surface area (Å²) in [7, 11) is 1.30. The molecule has 2 aromatic heterocycles. The summed E-state index contributed by atoms with van der Waals surface area (Å²) in [5, 5.41) is 2.34. The Morgan fingerprint density at radius 1 is 1.20 bits per heavy atom. The van der Waals surface area contributed by atoms with Gasteiger partial charge in [-0.15, -0.1) is 0 Å². The van der Waals surface area contributed by atoms with Crippen LogP contribution in [0.3, 0.4) is 0 Å². The molecule has 3 aromatic rings. The quantitative estimate of drug-likeness (QED) is 0.746. The first-order chi connectivity index (χ1) is 11.9. The number of aromatic nitrogens is 3. The predicted octanol–water partition coefficient (Wildman–Crippen LogP) is 2.98. The number of H-pyrrole nitrogens is 1. The maximum atomic E-state index is 14.4. The van der Waals surface area contributed by atoms with Crippen LogP contribution in [0.15, 0.2) is 34.1 Å². The zero-order chi connectivity index (χ0) is 18.7. The third kappa shape index (κ3) is 3.28. The Kier molecular flexibility index (Phi) is 5.31. The lowest BCUT2D eigenvalue weighted by molar-refractivity contribution is 0.598. The summed E-state index contributed by atoms with van der Waals surface area (Å²) in [5.41, 5.74) is -1.38. The maximum Gasteiger partial charge on any atom is 0.290 e. The molecule has 3 rings (SSSR count). The normalized spacial score (nSPS) is 10.3. The minimum Gasteiger partial charge on any atom is -0.350 e. The van der Waals surface area contributed by atoms with E-state index in [1.165, 1.54) is 19.2 Å².